The van der Waals surface area contributed by atoms with Crippen LogP contribution < -0.4 is 15.5 Å². The van der Waals surface area contributed by atoms with Gasteiger partial charge >= 0.3 is 0 Å². The Labute approximate surface area is 182 Å². The number of aliphatic hydroxyl groups excluding tert-OH is 1. The number of ether oxygens (including phenoxy) is 1. The van der Waals surface area contributed by atoms with Crippen LogP contribution in [0.15, 0.2) is 30.3 Å². The molecule has 31 heavy (non-hydrogen) atoms. The van der Waals surface area contributed by atoms with Gasteiger partial charge in [-0.2, -0.15) is 4.98 Å². The summed E-state index contributed by atoms with van der Waals surface area (Å²) in [5, 5.41) is 16.5. The van der Waals surface area contributed by atoms with Crippen molar-refractivity contribution in [1.82, 2.24) is 20.2 Å². The first-order valence-electron chi connectivity index (χ1n) is 10.6. The van der Waals surface area contributed by atoms with E-state index in [1.807, 2.05) is 20.2 Å². The predicted octanol–water partition coefficient (Wildman–Crippen LogP) is 0.502. The van der Waals surface area contributed by atoms with E-state index in [1.54, 1.807) is 11.0 Å². The van der Waals surface area contributed by atoms with E-state index >= 15 is 0 Å². The highest BCUT2D eigenvalue weighted by molar-refractivity contribution is 5.93. The van der Waals surface area contributed by atoms with Gasteiger partial charge in [0.1, 0.15) is 11.5 Å². The van der Waals surface area contributed by atoms with Crippen LogP contribution in [0.4, 0.5) is 11.8 Å². The summed E-state index contributed by atoms with van der Waals surface area (Å²) in [5.41, 5.74) is 2.94. The summed E-state index contributed by atoms with van der Waals surface area (Å²) in [6, 6.07) is 10.2. The molecule has 0 saturated carbocycles. The van der Waals surface area contributed by atoms with Gasteiger partial charge in [0.05, 0.1) is 25.4 Å². The number of amides is 1. The summed E-state index contributed by atoms with van der Waals surface area (Å²) in [5.74, 6) is 0.703. The van der Waals surface area contributed by atoms with Gasteiger partial charge in [-0.15, -0.1) is 0 Å². The third kappa shape index (κ3) is 5.49. The minimum absolute atomic E-state index is 0.164. The molecular formula is C22H30N6O3. The van der Waals surface area contributed by atoms with Crippen LogP contribution >= 0.6 is 0 Å². The van der Waals surface area contributed by atoms with Crippen molar-refractivity contribution >= 4 is 17.7 Å². The maximum absolute atomic E-state index is 12.7. The Morgan fingerprint density at radius 2 is 2.06 bits per heavy atom. The average Bonchev–Trinajstić information content (AvgIpc) is 2.74. The standard InChI is InChI=1S/C22H30N6O3/c1-27(2)22-25-19(9-20(26-22)24-17-13-31-14-17)21(30)23-10-18(29)12-28-8-7-15-5-3-4-6-16(15)11-28/h3-6,9,17-18,29H,7-8,10-14H2,1-2H3,(H,23,30)(H,24,25,26). The van der Waals surface area contributed by atoms with E-state index in [2.05, 4.69) is 43.7 Å². The number of β-amino-alcohol motifs (C(OH)–C–C–N with tert-alkyl or cyclic N) is 1. The summed E-state index contributed by atoms with van der Waals surface area (Å²) in [6.45, 7) is 3.64. The first-order chi connectivity index (χ1) is 15.0. The third-order valence-electron chi connectivity index (χ3n) is 5.51. The van der Waals surface area contributed by atoms with Gasteiger partial charge in [-0.25, -0.2) is 4.98 Å². The van der Waals surface area contributed by atoms with Gasteiger partial charge in [0, 0.05) is 46.3 Å². The summed E-state index contributed by atoms with van der Waals surface area (Å²) < 4.78 is 5.18. The van der Waals surface area contributed by atoms with Gasteiger partial charge in [-0.1, -0.05) is 24.3 Å². The zero-order valence-electron chi connectivity index (χ0n) is 18.0. The zero-order chi connectivity index (χ0) is 21.8. The second-order valence-corrected chi connectivity index (χ2v) is 8.33. The Morgan fingerprint density at radius 1 is 1.29 bits per heavy atom. The molecule has 9 nitrogen and oxygen atoms in total. The number of carbonyl (C=O) groups is 1. The number of carbonyl (C=O) groups excluding carboxylic acids is 1. The highest BCUT2D eigenvalue weighted by Crippen LogP contribution is 2.19. The first kappa shape index (κ1) is 21.5. The molecule has 0 spiro atoms. The van der Waals surface area contributed by atoms with Crippen LogP contribution in [0.2, 0.25) is 0 Å². The van der Waals surface area contributed by atoms with E-state index in [0.717, 1.165) is 19.5 Å². The molecule has 1 fully saturated rings. The van der Waals surface area contributed by atoms with E-state index in [1.165, 1.54) is 11.1 Å². The molecule has 2 aliphatic heterocycles. The maximum atomic E-state index is 12.7. The lowest BCUT2D eigenvalue weighted by molar-refractivity contribution is 0.0209. The summed E-state index contributed by atoms with van der Waals surface area (Å²) in [6.07, 6.45) is 0.319. The van der Waals surface area contributed by atoms with Crippen LogP contribution in [-0.2, 0) is 17.7 Å². The van der Waals surface area contributed by atoms with Crippen molar-refractivity contribution in [2.75, 3.05) is 57.2 Å². The molecule has 1 unspecified atom stereocenters. The van der Waals surface area contributed by atoms with Crippen LogP contribution in [-0.4, -0.2) is 85.0 Å². The fourth-order valence-electron chi connectivity index (χ4n) is 3.73. The molecule has 1 atom stereocenters. The summed E-state index contributed by atoms with van der Waals surface area (Å²) in [4.78, 5) is 25.5. The largest absolute Gasteiger partial charge is 0.390 e. The van der Waals surface area contributed by atoms with Gasteiger partial charge in [0.2, 0.25) is 5.95 Å². The topological polar surface area (TPSA) is 103 Å². The molecule has 1 saturated heterocycles. The van der Waals surface area contributed by atoms with Crippen LogP contribution in [0.1, 0.15) is 21.6 Å². The number of hydrogen-bond donors (Lipinski definition) is 3. The van der Waals surface area contributed by atoms with Gasteiger partial charge < -0.3 is 25.4 Å². The van der Waals surface area contributed by atoms with Gasteiger partial charge in [0.25, 0.3) is 5.91 Å². The third-order valence-corrected chi connectivity index (χ3v) is 5.51. The van der Waals surface area contributed by atoms with Crippen molar-refractivity contribution in [2.45, 2.75) is 25.1 Å². The molecule has 9 heteroatoms. The molecule has 1 amide bonds. The lowest BCUT2D eigenvalue weighted by atomic mass is 10.00. The van der Waals surface area contributed by atoms with Gasteiger partial charge in [0.15, 0.2) is 0 Å². The molecule has 2 aliphatic rings. The van der Waals surface area contributed by atoms with Gasteiger partial charge in [-0.3, -0.25) is 9.69 Å². The van der Waals surface area contributed by atoms with Crippen LogP contribution in [0, 0.1) is 0 Å². The number of nitrogens with one attached hydrogen (secondary N) is 2. The maximum Gasteiger partial charge on any atom is 0.270 e. The second-order valence-electron chi connectivity index (χ2n) is 8.33. The van der Waals surface area contributed by atoms with E-state index in [-0.39, 0.29) is 24.2 Å². The lowest BCUT2D eigenvalue weighted by Crippen LogP contribution is -2.42. The molecule has 2 aromatic rings. The highest BCUT2D eigenvalue weighted by atomic mass is 16.5. The SMILES string of the molecule is CN(C)c1nc(NC2COC2)cc(C(=O)NCC(O)CN2CCc3ccccc3C2)n1. The molecule has 4 rings (SSSR count). The van der Waals surface area contributed by atoms with E-state index < -0.39 is 6.10 Å². The van der Waals surface area contributed by atoms with Crippen molar-refractivity contribution in [2.24, 2.45) is 0 Å². The zero-order valence-corrected chi connectivity index (χ0v) is 18.0. The number of aliphatic hydroxyl groups is 1. The molecule has 0 bridgehead atoms. The van der Waals surface area contributed by atoms with Crippen molar-refractivity contribution < 1.29 is 14.6 Å². The molecule has 1 aromatic heterocycles. The van der Waals surface area contributed by atoms with E-state index in [9.17, 15) is 9.90 Å². The normalized spacial score (nSPS) is 17.4. The molecule has 1 aromatic carbocycles. The summed E-state index contributed by atoms with van der Waals surface area (Å²) >= 11 is 0. The fraction of sp³-hybridized carbons (Fsp3) is 0.500. The Kier molecular flexibility index (Phi) is 6.64. The smallest absolute Gasteiger partial charge is 0.270 e. The Morgan fingerprint density at radius 3 is 2.77 bits per heavy atom. The van der Waals surface area contributed by atoms with Crippen LogP contribution in [0.25, 0.3) is 0 Å². The molecule has 166 valence electrons. The molecule has 3 heterocycles. The molecule has 0 aliphatic carbocycles. The number of aromatic nitrogens is 2. The minimum Gasteiger partial charge on any atom is -0.390 e. The number of nitrogens with zero attached hydrogens (tertiary/aromatic N) is 4. The quantitative estimate of drug-likeness (QED) is 0.561. The van der Waals surface area contributed by atoms with E-state index in [0.29, 0.717) is 31.5 Å². The number of benzene rings is 1. The summed E-state index contributed by atoms with van der Waals surface area (Å²) in [7, 11) is 3.65. The Balaban J connectivity index is 1.32. The molecular weight excluding hydrogens is 396 g/mol. The van der Waals surface area contributed by atoms with Crippen molar-refractivity contribution in [3.63, 3.8) is 0 Å². The Bertz CT molecular complexity index is 918. The second kappa shape index (κ2) is 9.59. The predicted molar refractivity (Wildman–Crippen MR) is 118 cm³/mol. The number of anilines is 2. The van der Waals surface area contributed by atoms with Crippen molar-refractivity contribution in [3.8, 4) is 0 Å². The molecule has 3 N–H and O–H groups in total. The fourth-order valence-corrected chi connectivity index (χ4v) is 3.73. The number of hydrogen-bond acceptors (Lipinski definition) is 8. The monoisotopic (exact) mass is 426 g/mol. The lowest BCUT2D eigenvalue weighted by Gasteiger charge is -2.30. The molecule has 0 radical (unpaired) electrons. The van der Waals surface area contributed by atoms with Gasteiger partial charge in [-0.05, 0) is 17.5 Å². The van der Waals surface area contributed by atoms with Crippen LogP contribution in [0.3, 0.4) is 0 Å². The van der Waals surface area contributed by atoms with Crippen molar-refractivity contribution in [1.29, 1.82) is 0 Å². The van der Waals surface area contributed by atoms with Crippen LogP contribution in [0.5, 0.6) is 0 Å². The number of fused-ring (bicyclic) bond motifs is 1. The average molecular weight is 427 g/mol. The van der Waals surface area contributed by atoms with E-state index in [4.69, 9.17) is 4.74 Å². The highest BCUT2D eigenvalue weighted by Gasteiger charge is 2.22. The number of rotatable bonds is 8. The Hall–Kier alpha value is -2.75. The minimum atomic E-state index is -0.658. The van der Waals surface area contributed by atoms with Crippen molar-refractivity contribution in [3.05, 3.63) is 47.2 Å². The first-order valence-corrected chi connectivity index (χ1v) is 10.6.